The second-order valence-electron chi connectivity index (χ2n) is 6.79. The average molecular weight is 444 g/mol. The zero-order chi connectivity index (χ0) is 22.5. The van der Waals surface area contributed by atoms with Gasteiger partial charge in [-0.1, -0.05) is 31.2 Å². The number of hydrogen-bond donors (Lipinski definition) is 1. The summed E-state index contributed by atoms with van der Waals surface area (Å²) in [6, 6.07) is 9.93. The Balaban J connectivity index is 2.21. The van der Waals surface area contributed by atoms with E-state index in [4.69, 9.17) is 4.18 Å². The van der Waals surface area contributed by atoms with Gasteiger partial charge in [0.15, 0.2) is 0 Å². The van der Waals surface area contributed by atoms with Gasteiger partial charge in [0.25, 0.3) is 0 Å². The Morgan fingerprint density at radius 3 is 2.27 bits per heavy atom. The predicted molar refractivity (Wildman–Crippen MR) is 108 cm³/mol. The predicted octanol–water partition coefficient (Wildman–Crippen LogP) is 4.88. The minimum absolute atomic E-state index is 0.119. The van der Waals surface area contributed by atoms with Crippen LogP contribution in [-0.4, -0.2) is 31.6 Å². The van der Waals surface area contributed by atoms with Gasteiger partial charge in [-0.05, 0) is 43.2 Å². The SMILES string of the molecule is CCC(C)N(Cc1ccc(OS(C)(=O)=O)cc1)C(=O)Nc1ccccc1C(F)(F)F. The van der Waals surface area contributed by atoms with E-state index in [1.54, 1.807) is 19.1 Å². The van der Waals surface area contributed by atoms with Crippen LogP contribution in [0.1, 0.15) is 31.4 Å². The molecule has 0 saturated heterocycles. The van der Waals surface area contributed by atoms with E-state index >= 15 is 0 Å². The van der Waals surface area contributed by atoms with Crippen molar-refractivity contribution < 1.29 is 30.6 Å². The number of nitrogens with one attached hydrogen (secondary N) is 1. The number of anilines is 1. The molecule has 0 spiro atoms. The van der Waals surface area contributed by atoms with Gasteiger partial charge in [0, 0.05) is 12.6 Å². The van der Waals surface area contributed by atoms with E-state index in [0.717, 1.165) is 12.3 Å². The zero-order valence-corrected chi connectivity index (χ0v) is 17.5. The molecule has 1 unspecified atom stereocenters. The van der Waals surface area contributed by atoms with Crippen molar-refractivity contribution in [2.75, 3.05) is 11.6 Å². The highest BCUT2D eigenvalue weighted by Crippen LogP contribution is 2.34. The van der Waals surface area contributed by atoms with Crippen molar-refractivity contribution in [3.63, 3.8) is 0 Å². The lowest BCUT2D eigenvalue weighted by Gasteiger charge is -2.29. The summed E-state index contributed by atoms with van der Waals surface area (Å²) in [4.78, 5) is 14.2. The minimum atomic E-state index is -4.60. The number of carbonyl (C=O) groups excluding carboxylic acids is 1. The summed E-state index contributed by atoms with van der Waals surface area (Å²) >= 11 is 0. The van der Waals surface area contributed by atoms with Crippen molar-refractivity contribution in [2.45, 2.75) is 39.0 Å². The van der Waals surface area contributed by atoms with E-state index in [-0.39, 0.29) is 24.0 Å². The number of nitrogens with zero attached hydrogens (tertiary/aromatic N) is 1. The Labute approximate surface area is 173 Å². The molecule has 0 saturated carbocycles. The van der Waals surface area contributed by atoms with Crippen molar-refractivity contribution in [1.82, 2.24) is 4.90 Å². The van der Waals surface area contributed by atoms with Crippen molar-refractivity contribution in [3.8, 4) is 5.75 Å². The Kier molecular flexibility index (Phi) is 7.35. The van der Waals surface area contributed by atoms with Crippen molar-refractivity contribution in [2.24, 2.45) is 0 Å². The fourth-order valence-electron chi connectivity index (χ4n) is 2.70. The van der Waals surface area contributed by atoms with E-state index < -0.39 is 27.9 Å². The molecule has 6 nitrogen and oxygen atoms in total. The van der Waals surface area contributed by atoms with Gasteiger partial charge in [0.05, 0.1) is 17.5 Å². The van der Waals surface area contributed by atoms with Crippen molar-refractivity contribution in [1.29, 1.82) is 0 Å². The first-order chi connectivity index (χ1) is 13.9. The Bertz CT molecular complexity index is 976. The fraction of sp³-hybridized carbons (Fsp3) is 0.350. The lowest BCUT2D eigenvalue weighted by Crippen LogP contribution is -2.41. The van der Waals surface area contributed by atoms with Crippen LogP contribution in [0.4, 0.5) is 23.7 Å². The van der Waals surface area contributed by atoms with Crippen LogP contribution in [0.5, 0.6) is 5.75 Å². The van der Waals surface area contributed by atoms with Gasteiger partial charge in [-0.2, -0.15) is 21.6 Å². The summed E-state index contributed by atoms with van der Waals surface area (Å²) in [5.41, 5.74) is -0.583. The number of amides is 2. The quantitative estimate of drug-likeness (QED) is 0.618. The number of halogens is 3. The Morgan fingerprint density at radius 1 is 1.13 bits per heavy atom. The van der Waals surface area contributed by atoms with Crippen LogP contribution in [0.15, 0.2) is 48.5 Å². The van der Waals surface area contributed by atoms with E-state index in [1.807, 2.05) is 6.92 Å². The topological polar surface area (TPSA) is 75.7 Å². The number of urea groups is 1. The van der Waals surface area contributed by atoms with Crippen LogP contribution in [0.25, 0.3) is 0 Å². The summed E-state index contributed by atoms with van der Waals surface area (Å²) in [5.74, 6) is 0.125. The van der Waals surface area contributed by atoms with Gasteiger partial charge in [0.2, 0.25) is 0 Å². The highest BCUT2D eigenvalue weighted by molar-refractivity contribution is 7.86. The van der Waals surface area contributed by atoms with Gasteiger partial charge in [0.1, 0.15) is 5.75 Å². The second-order valence-corrected chi connectivity index (χ2v) is 8.36. The third-order valence-electron chi connectivity index (χ3n) is 4.38. The number of alkyl halides is 3. The summed E-state index contributed by atoms with van der Waals surface area (Å²) < 4.78 is 66.8. The molecule has 0 aromatic heterocycles. The van der Waals surface area contributed by atoms with Crippen molar-refractivity contribution >= 4 is 21.8 Å². The number of hydrogen-bond acceptors (Lipinski definition) is 4. The van der Waals surface area contributed by atoms with E-state index in [0.29, 0.717) is 12.0 Å². The molecule has 0 fully saturated rings. The molecular weight excluding hydrogens is 421 g/mol. The highest BCUT2D eigenvalue weighted by atomic mass is 32.2. The van der Waals surface area contributed by atoms with Gasteiger partial charge >= 0.3 is 22.3 Å². The molecule has 1 N–H and O–H groups in total. The molecule has 0 bridgehead atoms. The van der Waals surface area contributed by atoms with Crippen LogP contribution in [0.3, 0.4) is 0 Å². The number of carbonyl (C=O) groups is 1. The second kappa shape index (κ2) is 9.38. The molecule has 1 atom stereocenters. The van der Waals surface area contributed by atoms with Crippen LogP contribution >= 0.6 is 0 Å². The maximum absolute atomic E-state index is 13.2. The molecule has 0 aliphatic carbocycles. The number of benzene rings is 2. The summed E-state index contributed by atoms with van der Waals surface area (Å²) in [7, 11) is -3.66. The number of rotatable bonds is 7. The molecule has 0 aliphatic heterocycles. The third-order valence-corrected chi connectivity index (χ3v) is 4.88. The van der Waals surface area contributed by atoms with Crippen LogP contribution in [0, 0.1) is 0 Å². The zero-order valence-electron chi connectivity index (χ0n) is 16.7. The van der Waals surface area contributed by atoms with E-state index in [9.17, 15) is 26.4 Å². The van der Waals surface area contributed by atoms with Crippen molar-refractivity contribution in [3.05, 3.63) is 59.7 Å². The van der Waals surface area contributed by atoms with E-state index in [2.05, 4.69) is 5.32 Å². The molecule has 10 heteroatoms. The molecule has 2 rings (SSSR count). The molecule has 2 amide bonds. The normalized spacial score (nSPS) is 12.9. The van der Waals surface area contributed by atoms with Crippen LogP contribution < -0.4 is 9.50 Å². The fourth-order valence-corrected chi connectivity index (χ4v) is 3.16. The largest absolute Gasteiger partial charge is 0.418 e. The van der Waals surface area contributed by atoms with Crippen LogP contribution in [-0.2, 0) is 22.8 Å². The maximum Gasteiger partial charge on any atom is 0.418 e. The molecule has 0 radical (unpaired) electrons. The lowest BCUT2D eigenvalue weighted by atomic mass is 10.1. The van der Waals surface area contributed by atoms with Gasteiger partial charge in [-0.3, -0.25) is 0 Å². The van der Waals surface area contributed by atoms with Gasteiger partial charge < -0.3 is 14.4 Å². The first-order valence-corrected chi connectivity index (χ1v) is 10.9. The van der Waals surface area contributed by atoms with Crippen LogP contribution in [0.2, 0.25) is 0 Å². The molecule has 30 heavy (non-hydrogen) atoms. The van der Waals surface area contributed by atoms with Gasteiger partial charge in [-0.25, -0.2) is 4.79 Å². The summed E-state index contributed by atoms with van der Waals surface area (Å²) in [6.45, 7) is 3.77. The maximum atomic E-state index is 13.2. The average Bonchev–Trinajstić information content (AvgIpc) is 2.65. The summed E-state index contributed by atoms with van der Waals surface area (Å²) in [6.07, 6.45) is -3.08. The molecular formula is C20H23F3N2O4S. The molecule has 2 aromatic rings. The highest BCUT2D eigenvalue weighted by Gasteiger charge is 2.34. The molecule has 164 valence electrons. The Hall–Kier alpha value is -2.75. The van der Waals surface area contributed by atoms with E-state index in [1.165, 1.54) is 35.2 Å². The monoisotopic (exact) mass is 444 g/mol. The number of para-hydroxylation sites is 1. The summed E-state index contributed by atoms with van der Waals surface area (Å²) in [5, 5.41) is 2.36. The molecule has 0 aliphatic rings. The third kappa shape index (κ3) is 6.65. The molecule has 0 heterocycles. The lowest BCUT2D eigenvalue weighted by molar-refractivity contribution is -0.136. The first-order valence-electron chi connectivity index (χ1n) is 9.13. The first kappa shape index (κ1) is 23.5. The molecule has 2 aromatic carbocycles. The van der Waals surface area contributed by atoms with Gasteiger partial charge in [-0.15, -0.1) is 0 Å². The minimum Gasteiger partial charge on any atom is -0.383 e. The Morgan fingerprint density at radius 2 is 1.73 bits per heavy atom. The standard InChI is InChI=1S/C20H23F3N2O4S/c1-4-14(2)25(13-15-9-11-16(12-10-15)29-30(3,27)28)19(26)24-18-8-6-5-7-17(18)20(21,22)23/h5-12,14H,4,13H2,1-3H3,(H,24,26). The smallest absolute Gasteiger partial charge is 0.383 e.